The molecule has 2 atom stereocenters. The summed E-state index contributed by atoms with van der Waals surface area (Å²) in [6.07, 6.45) is 2.29. The lowest BCUT2D eigenvalue weighted by Gasteiger charge is -2.34. The number of carbonyl (C=O) groups excluding carboxylic acids is 1. The van der Waals surface area contributed by atoms with Crippen LogP contribution in [0.5, 0.6) is 0 Å². The van der Waals surface area contributed by atoms with Crippen molar-refractivity contribution in [3.8, 4) is 0 Å². The molecule has 0 aliphatic carbocycles. The molecule has 0 spiro atoms. The molecule has 2 aliphatic heterocycles. The number of aromatic nitrogens is 2. The van der Waals surface area contributed by atoms with Gasteiger partial charge in [-0.2, -0.15) is 5.10 Å². The topological polar surface area (TPSA) is 50.2 Å². The van der Waals surface area contributed by atoms with Crippen LogP contribution < -0.4 is 5.32 Å². The van der Waals surface area contributed by atoms with Crippen molar-refractivity contribution in [2.75, 3.05) is 19.6 Å². The third-order valence-corrected chi connectivity index (χ3v) is 4.40. The smallest absolute Gasteiger partial charge is 0.244 e. The van der Waals surface area contributed by atoms with Gasteiger partial charge in [0.2, 0.25) is 5.91 Å². The molecule has 5 nitrogen and oxygen atoms in total. The van der Waals surface area contributed by atoms with Crippen LogP contribution in [-0.2, 0) is 11.3 Å². The molecule has 0 bridgehead atoms. The normalized spacial score (nSPS) is 26.5. The number of piperidine rings is 1. The number of aryl methyl sites for hydroxylation is 2. The largest absolute Gasteiger partial charge is 0.341 e. The molecule has 1 N–H and O–H groups in total. The molecule has 2 aliphatic rings. The van der Waals surface area contributed by atoms with E-state index in [2.05, 4.69) is 10.4 Å². The second-order valence-electron chi connectivity index (χ2n) is 5.82. The molecule has 0 radical (unpaired) electrons. The van der Waals surface area contributed by atoms with Crippen molar-refractivity contribution in [2.45, 2.75) is 39.3 Å². The first-order valence-electron chi connectivity index (χ1n) is 7.15. The SMILES string of the molecule is Cc1cc(C)n(CC(=O)N2CCC3NCCC3C2)n1. The number of hydrogen-bond donors (Lipinski definition) is 1. The van der Waals surface area contributed by atoms with E-state index in [-0.39, 0.29) is 5.91 Å². The molecule has 3 heterocycles. The summed E-state index contributed by atoms with van der Waals surface area (Å²) in [5, 5.41) is 7.89. The molecule has 1 amide bonds. The van der Waals surface area contributed by atoms with E-state index in [0.29, 0.717) is 18.5 Å². The van der Waals surface area contributed by atoms with Crippen LogP contribution in [0.25, 0.3) is 0 Å². The molecule has 3 rings (SSSR count). The first kappa shape index (κ1) is 12.7. The Morgan fingerprint density at radius 2 is 2.32 bits per heavy atom. The summed E-state index contributed by atoms with van der Waals surface area (Å²) in [7, 11) is 0. The van der Waals surface area contributed by atoms with Crippen molar-refractivity contribution >= 4 is 5.91 Å². The van der Waals surface area contributed by atoms with Crippen LogP contribution in [0.2, 0.25) is 0 Å². The predicted octanol–water partition coefficient (Wildman–Crippen LogP) is 0.710. The van der Waals surface area contributed by atoms with Crippen molar-refractivity contribution in [1.82, 2.24) is 20.0 Å². The highest BCUT2D eigenvalue weighted by Crippen LogP contribution is 2.24. The Labute approximate surface area is 114 Å². The number of rotatable bonds is 2. The maximum absolute atomic E-state index is 12.4. The molecule has 2 fully saturated rings. The summed E-state index contributed by atoms with van der Waals surface area (Å²) >= 11 is 0. The number of nitrogens with one attached hydrogen (secondary N) is 1. The highest BCUT2D eigenvalue weighted by atomic mass is 16.2. The maximum Gasteiger partial charge on any atom is 0.244 e. The number of hydrogen-bond acceptors (Lipinski definition) is 3. The molecule has 1 aromatic heterocycles. The number of fused-ring (bicyclic) bond motifs is 1. The molecule has 0 aromatic carbocycles. The molecule has 19 heavy (non-hydrogen) atoms. The van der Waals surface area contributed by atoms with Crippen LogP contribution in [0.1, 0.15) is 24.2 Å². The minimum Gasteiger partial charge on any atom is -0.341 e. The average molecular weight is 262 g/mol. The van der Waals surface area contributed by atoms with Crippen LogP contribution in [-0.4, -0.2) is 46.3 Å². The highest BCUT2D eigenvalue weighted by molar-refractivity contribution is 5.76. The Bertz CT molecular complexity index is 482. The molecular formula is C14H22N4O. The van der Waals surface area contributed by atoms with Crippen molar-refractivity contribution in [2.24, 2.45) is 5.92 Å². The molecule has 5 heteroatoms. The van der Waals surface area contributed by atoms with Crippen LogP contribution in [0.4, 0.5) is 0 Å². The second-order valence-corrected chi connectivity index (χ2v) is 5.82. The molecular weight excluding hydrogens is 240 g/mol. The number of amides is 1. The van der Waals surface area contributed by atoms with Gasteiger partial charge >= 0.3 is 0 Å². The van der Waals surface area contributed by atoms with Gasteiger partial charge in [-0.05, 0) is 45.2 Å². The van der Waals surface area contributed by atoms with Gasteiger partial charge in [0.25, 0.3) is 0 Å². The summed E-state index contributed by atoms with van der Waals surface area (Å²) < 4.78 is 1.82. The van der Waals surface area contributed by atoms with E-state index < -0.39 is 0 Å². The van der Waals surface area contributed by atoms with E-state index in [9.17, 15) is 4.79 Å². The van der Waals surface area contributed by atoms with E-state index in [1.807, 2.05) is 29.5 Å². The Morgan fingerprint density at radius 1 is 1.47 bits per heavy atom. The van der Waals surface area contributed by atoms with Crippen molar-refractivity contribution < 1.29 is 4.79 Å². The first-order valence-corrected chi connectivity index (χ1v) is 7.15. The van der Waals surface area contributed by atoms with Gasteiger partial charge in [0.15, 0.2) is 0 Å². The zero-order valence-electron chi connectivity index (χ0n) is 11.7. The Kier molecular flexibility index (Phi) is 3.31. The maximum atomic E-state index is 12.4. The average Bonchev–Trinajstić information content (AvgIpc) is 2.95. The summed E-state index contributed by atoms with van der Waals surface area (Å²) in [4.78, 5) is 14.4. The standard InChI is InChI=1S/C14H22N4O/c1-10-7-11(2)18(16-10)9-14(19)17-6-4-13-12(8-17)3-5-15-13/h7,12-13,15H,3-6,8-9H2,1-2H3. The van der Waals surface area contributed by atoms with Crippen LogP contribution >= 0.6 is 0 Å². The van der Waals surface area contributed by atoms with Gasteiger partial charge in [0, 0.05) is 24.8 Å². The minimum absolute atomic E-state index is 0.205. The Balaban J connectivity index is 1.63. The zero-order valence-corrected chi connectivity index (χ0v) is 11.7. The fraction of sp³-hybridized carbons (Fsp3) is 0.714. The van der Waals surface area contributed by atoms with Crippen LogP contribution in [0.3, 0.4) is 0 Å². The Hall–Kier alpha value is -1.36. The van der Waals surface area contributed by atoms with Gasteiger partial charge in [0.05, 0.1) is 5.69 Å². The third kappa shape index (κ3) is 2.52. The van der Waals surface area contributed by atoms with E-state index in [1.165, 1.54) is 6.42 Å². The van der Waals surface area contributed by atoms with E-state index in [0.717, 1.165) is 37.4 Å². The monoisotopic (exact) mass is 262 g/mol. The molecule has 104 valence electrons. The van der Waals surface area contributed by atoms with E-state index in [1.54, 1.807) is 0 Å². The molecule has 0 saturated carbocycles. The minimum atomic E-state index is 0.205. The number of carbonyl (C=O) groups is 1. The summed E-state index contributed by atoms with van der Waals surface area (Å²) in [6.45, 7) is 7.24. The lowest BCUT2D eigenvalue weighted by atomic mass is 9.93. The van der Waals surface area contributed by atoms with E-state index >= 15 is 0 Å². The van der Waals surface area contributed by atoms with Crippen LogP contribution in [0.15, 0.2) is 6.07 Å². The van der Waals surface area contributed by atoms with Gasteiger partial charge in [-0.3, -0.25) is 9.48 Å². The van der Waals surface area contributed by atoms with Gasteiger partial charge in [-0.25, -0.2) is 0 Å². The highest BCUT2D eigenvalue weighted by Gasteiger charge is 2.34. The summed E-state index contributed by atoms with van der Waals surface area (Å²) in [5.74, 6) is 0.856. The van der Waals surface area contributed by atoms with Crippen LogP contribution in [0, 0.1) is 19.8 Å². The van der Waals surface area contributed by atoms with Gasteiger partial charge in [-0.15, -0.1) is 0 Å². The second kappa shape index (κ2) is 4.96. The third-order valence-electron chi connectivity index (χ3n) is 4.40. The molecule has 2 unspecified atom stereocenters. The van der Waals surface area contributed by atoms with Gasteiger partial charge in [-0.1, -0.05) is 0 Å². The van der Waals surface area contributed by atoms with Crippen molar-refractivity contribution in [3.05, 3.63) is 17.5 Å². The first-order chi connectivity index (χ1) is 9.13. The summed E-state index contributed by atoms with van der Waals surface area (Å²) in [6, 6.07) is 2.65. The quantitative estimate of drug-likeness (QED) is 0.854. The van der Waals surface area contributed by atoms with Gasteiger partial charge in [0.1, 0.15) is 6.54 Å². The lowest BCUT2D eigenvalue weighted by molar-refractivity contribution is -0.134. The predicted molar refractivity (Wildman–Crippen MR) is 72.8 cm³/mol. The number of likely N-dealkylation sites (tertiary alicyclic amines) is 1. The zero-order chi connectivity index (χ0) is 13.4. The fourth-order valence-electron chi connectivity index (χ4n) is 3.34. The Morgan fingerprint density at radius 3 is 3.05 bits per heavy atom. The van der Waals surface area contributed by atoms with Gasteiger partial charge < -0.3 is 10.2 Å². The lowest BCUT2D eigenvalue weighted by Crippen LogP contribution is -2.47. The number of nitrogens with zero attached hydrogens (tertiary/aromatic N) is 3. The summed E-state index contributed by atoms with van der Waals surface area (Å²) in [5.41, 5.74) is 2.03. The molecule has 1 aromatic rings. The fourth-order valence-corrected chi connectivity index (χ4v) is 3.34. The van der Waals surface area contributed by atoms with E-state index in [4.69, 9.17) is 0 Å². The van der Waals surface area contributed by atoms with Crippen molar-refractivity contribution in [3.63, 3.8) is 0 Å². The molecule has 2 saturated heterocycles. The van der Waals surface area contributed by atoms with Crippen molar-refractivity contribution in [1.29, 1.82) is 0 Å².